The molecule has 2 aliphatic rings. The molecule has 0 bridgehead atoms. The Kier molecular flexibility index (Phi) is 6.38. The van der Waals surface area contributed by atoms with E-state index in [0.29, 0.717) is 31.1 Å². The quantitative estimate of drug-likeness (QED) is 0.724. The molecule has 2 heterocycles. The van der Waals surface area contributed by atoms with Crippen LogP contribution in [0.2, 0.25) is 0 Å². The lowest BCUT2D eigenvalue weighted by molar-refractivity contribution is -0.130. The molecule has 8 nitrogen and oxygen atoms in total. The van der Waals surface area contributed by atoms with E-state index in [9.17, 15) is 18.0 Å². The van der Waals surface area contributed by atoms with E-state index in [0.717, 1.165) is 12.0 Å². The SMILES string of the molecule is CCC(C)c1ccc(S(=O)(=O)N2CCN(C(=O)C3=NN(C)C(=O)CC3)CC2)cc1. The second kappa shape index (κ2) is 8.62. The van der Waals surface area contributed by atoms with Crippen molar-refractivity contribution >= 4 is 27.5 Å². The fourth-order valence-electron chi connectivity index (χ4n) is 3.49. The average molecular weight is 421 g/mol. The monoisotopic (exact) mass is 420 g/mol. The summed E-state index contributed by atoms with van der Waals surface area (Å²) in [5, 5.41) is 5.26. The van der Waals surface area contributed by atoms with Crippen LogP contribution in [-0.2, 0) is 19.6 Å². The fourth-order valence-corrected chi connectivity index (χ4v) is 4.91. The van der Waals surface area contributed by atoms with Crippen LogP contribution in [0.15, 0.2) is 34.3 Å². The summed E-state index contributed by atoms with van der Waals surface area (Å²) in [5.41, 5.74) is 1.47. The summed E-state index contributed by atoms with van der Waals surface area (Å²) in [6.07, 6.45) is 1.59. The van der Waals surface area contributed by atoms with Crippen molar-refractivity contribution in [2.45, 2.75) is 43.9 Å². The first-order valence-electron chi connectivity index (χ1n) is 9.97. The highest BCUT2D eigenvalue weighted by Gasteiger charge is 2.32. The number of nitrogens with zero attached hydrogens (tertiary/aromatic N) is 4. The molecular weight excluding hydrogens is 392 g/mol. The molecule has 0 N–H and O–H groups in total. The highest BCUT2D eigenvalue weighted by atomic mass is 32.2. The Morgan fingerprint density at radius 2 is 1.72 bits per heavy atom. The van der Waals surface area contributed by atoms with Gasteiger partial charge in [0.1, 0.15) is 5.71 Å². The molecule has 2 amide bonds. The third-order valence-corrected chi connectivity index (χ3v) is 7.59. The number of carbonyl (C=O) groups is 2. The molecular formula is C20H28N4O4S. The van der Waals surface area contributed by atoms with Gasteiger partial charge in [0, 0.05) is 46.1 Å². The predicted molar refractivity (Wildman–Crippen MR) is 110 cm³/mol. The summed E-state index contributed by atoms with van der Waals surface area (Å²) in [6, 6.07) is 7.08. The minimum Gasteiger partial charge on any atom is -0.335 e. The lowest BCUT2D eigenvalue weighted by Gasteiger charge is -2.34. The Hall–Kier alpha value is -2.26. The van der Waals surface area contributed by atoms with Crippen molar-refractivity contribution in [2.75, 3.05) is 33.2 Å². The maximum Gasteiger partial charge on any atom is 0.270 e. The highest BCUT2D eigenvalue weighted by Crippen LogP contribution is 2.23. The minimum atomic E-state index is -3.59. The van der Waals surface area contributed by atoms with Crippen LogP contribution in [0.4, 0.5) is 0 Å². The standard InChI is InChI=1S/C20H28N4O4S/c1-4-15(2)16-5-7-17(8-6-16)29(27,28)24-13-11-23(12-14-24)20(26)18-9-10-19(25)22(3)21-18/h5-8,15H,4,9-14H2,1-3H3. The van der Waals surface area contributed by atoms with Crippen LogP contribution in [0.3, 0.4) is 0 Å². The third-order valence-electron chi connectivity index (χ3n) is 5.68. The molecule has 1 atom stereocenters. The van der Waals surface area contributed by atoms with Crippen LogP contribution in [0.5, 0.6) is 0 Å². The molecule has 29 heavy (non-hydrogen) atoms. The number of hydrogen-bond donors (Lipinski definition) is 0. The first kappa shape index (κ1) is 21.4. The van der Waals surface area contributed by atoms with Crippen LogP contribution in [0.1, 0.15) is 44.6 Å². The number of benzene rings is 1. The number of amides is 2. The molecule has 1 aromatic rings. The normalized spacial score (nSPS) is 19.8. The number of piperazine rings is 1. The van der Waals surface area contributed by atoms with Gasteiger partial charge in [0.25, 0.3) is 5.91 Å². The van der Waals surface area contributed by atoms with Gasteiger partial charge in [-0.25, -0.2) is 13.4 Å². The lowest BCUT2D eigenvalue weighted by Crippen LogP contribution is -2.52. The summed E-state index contributed by atoms with van der Waals surface area (Å²) in [5.74, 6) is 0.0504. The van der Waals surface area contributed by atoms with Crippen LogP contribution in [0.25, 0.3) is 0 Å². The molecule has 1 fully saturated rings. The first-order chi connectivity index (χ1) is 13.7. The van der Waals surface area contributed by atoms with E-state index in [4.69, 9.17) is 0 Å². The first-order valence-corrected chi connectivity index (χ1v) is 11.4. The number of sulfonamides is 1. The molecule has 1 saturated heterocycles. The van der Waals surface area contributed by atoms with Gasteiger partial charge in [0.05, 0.1) is 4.90 Å². The zero-order valence-corrected chi connectivity index (χ0v) is 18.0. The molecule has 0 spiro atoms. The number of rotatable bonds is 5. The summed E-state index contributed by atoms with van der Waals surface area (Å²) < 4.78 is 27.3. The molecule has 1 unspecified atom stereocenters. The molecule has 0 aliphatic carbocycles. The molecule has 9 heteroatoms. The molecule has 0 aromatic heterocycles. The van der Waals surface area contributed by atoms with Gasteiger partial charge in [0.15, 0.2) is 0 Å². The van der Waals surface area contributed by atoms with Crippen molar-refractivity contribution in [3.8, 4) is 0 Å². The molecule has 3 rings (SSSR count). The molecule has 158 valence electrons. The van der Waals surface area contributed by atoms with Crippen molar-refractivity contribution in [1.29, 1.82) is 0 Å². The topological polar surface area (TPSA) is 90.4 Å². The number of hydrogen-bond acceptors (Lipinski definition) is 5. The largest absolute Gasteiger partial charge is 0.335 e. The van der Waals surface area contributed by atoms with Crippen molar-refractivity contribution in [1.82, 2.24) is 14.2 Å². The van der Waals surface area contributed by atoms with Gasteiger partial charge in [-0.3, -0.25) is 9.59 Å². The lowest BCUT2D eigenvalue weighted by atomic mass is 9.99. The third kappa shape index (κ3) is 4.51. The van der Waals surface area contributed by atoms with Gasteiger partial charge in [-0.05, 0) is 30.0 Å². The van der Waals surface area contributed by atoms with Gasteiger partial charge in [-0.2, -0.15) is 9.41 Å². The smallest absolute Gasteiger partial charge is 0.270 e. The van der Waals surface area contributed by atoms with Gasteiger partial charge in [-0.1, -0.05) is 26.0 Å². The summed E-state index contributed by atoms with van der Waals surface area (Å²) in [7, 11) is -2.06. The van der Waals surface area contributed by atoms with E-state index in [-0.39, 0.29) is 36.2 Å². The van der Waals surface area contributed by atoms with Crippen LogP contribution >= 0.6 is 0 Å². The van der Waals surface area contributed by atoms with Crippen molar-refractivity contribution in [3.05, 3.63) is 29.8 Å². The zero-order chi connectivity index (χ0) is 21.2. The highest BCUT2D eigenvalue weighted by molar-refractivity contribution is 7.89. The summed E-state index contributed by atoms with van der Waals surface area (Å²) >= 11 is 0. The van der Waals surface area contributed by atoms with E-state index >= 15 is 0 Å². The van der Waals surface area contributed by atoms with Gasteiger partial charge >= 0.3 is 0 Å². The predicted octanol–water partition coefficient (Wildman–Crippen LogP) is 1.64. The van der Waals surface area contributed by atoms with E-state index in [1.165, 1.54) is 16.4 Å². The van der Waals surface area contributed by atoms with Crippen molar-refractivity contribution in [2.24, 2.45) is 5.10 Å². The second-order valence-electron chi connectivity index (χ2n) is 7.54. The summed E-state index contributed by atoms with van der Waals surface area (Å²) in [4.78, 5) is 26.1. The second-order valence-corrected chi connectivity index (χ2v) is 9.48. The van der Waals surface area contributed by atoms with Gasteiger partial charge in [0.2, 0.25) is 15.9 Å². The Morgan fingerprint density at radius 3 is 2.28 bits per heavy atom. The van der Waals surface area contributed by atoms with Crippen LogP contribution in [0, 0.1) is 0 Å². The average Bonchev–Trinajstić information content (AvgIpc) is 2.74. The maximum absolute atomic E-state index is 12.9. The van der Waals surface area contributed by atoms with E-state index in [1.54, 1.807) is 17.0 Å². The Bertz CT molecular complexity index is 903. The van der Waals surface area contributed by atoms with Gasteiger partial charge < -0.3 is 4.90 Å². The summed E-state index contributed by atoms with van der Waals surface area (Å²) in [6.45, 7) is 5.31. The van der Waals surface area contributed by atoms with Crippen LogP contribution in [-0.4, -0.2) is 73.4 Å². The van der Waals surface area contributed by atoms with Gasteiger partial charge in [-0.15, -0.1) is 0 Å². The number of carbonyl (C=O) groups excluding carboxylic acids is 2. The van der Waals surface area contributed by atoms with E-state index in [2.05, 4.69) is 18.9 Å². The van der Waals surface area contributed by atoms with E-state index < -0.39 is 10.0 Å². The Balaban J connectivity index is 1.64. The number of hydrazone groups is 1. The Labute approximate surface area is 172 Å². The maximum atomic E-state index is 12.9. The molecule has 2 aliphatic heterocycles. The van der Waals surface area contributed by atoms with Crippen LogP contribution < -0.4 is 0 Å². The fraction of sp³-hybridized carbons (Fsp3) is 0.550. The Morgan fingerprint density at radius 1 is 1.10 bits per heavy atom. The molecule has 0 radical (unpaired) electrons. The molecule has 1 aromatic carbocycles. The van der Waals surface area contributed by atoms with Crippen molar-refractivity contribution in [3.63, 3.8) is 0 Å². The zero-order valence-electron chi connectivity index (χ0n) is 17.2. The molecule has 0 saturated carbocycles. The van der Waals surface area contributed by atoms with E-state index in [1.807, 2.05) is 12.1 Å². The minimum absolute atomic E-state index is 0.114. The van der Waals surface area contributed by atoms with Crippen molar-refractivity contribution < 1.29 is 18.0 Å².